The number of nitrogens with zero attached hydrogens (tertiary/aromatic N) is 1. The molecule has 190 valence electrons. The van der Waals surface area contributed by atoms with Crippen LogP contribution in [-0.4, -0.2) is 28.9 Å². The standard InChI is InChI=1S/C30H25N3O3S2/c1-3-31-30(37)33-28-13-11-26(18-32-28)36-29(34)23-5-4-20-15-24(9-6-19(20)14-23)35-25-10-7-22-17-27(38-2)12-8-21(22)16-25/h4-18H,3H2,1-2H3,(H2,31,32,33,37). The van der Waals surface area contributed by atoms with Crippen molar-refractivity contribution in [1.82, 2.24) is 10.3 Å². The van der Waals surface area contributed by atoms with Crippen molar-refractivity contribution in [2.75, 3.05) is 18.1 Å². The average molecular weight is 540 g/mol. The molecule has 5 aromatic rings. The lowest BCUT2D eigenvalue weighted by atomic mass is 10.1. The average Bonchev–Trinajstić information content (AvgIpc) is 2.93. The molecule has 0 saturated heterocycles. The number of hydrogen-bond acceptors (Lipinski definition) is 6. The molecule has 1 heterocycles. The van der Waals surface area contributed by atoms with E-state index in [2.05, 4.69) is 46.1 Å². The Bertz CT molecular complexity index is 1640. The van der Waals surface area contributed by atoms with Gasteiger partial charge in [0.1, 0.15) is 23.1 Å². The summed E-state index contributed by atoms with van der Waals surface area (Å²) >= 11 is 6.88. The molecule has 0 aliphatic carbocycles. The summed E-state index contributed by atoms with van der Waals surface area (Å²) in [6.07, 6.45) is 3.55. The third-order valence-corrected chi connectivity index (χ3v) is 6.80. The molecule has 0 unspecified atom stereocenters. The zero-order chi connectivity index (χ0) is 26.5. The van der Waals surface area contributed by atoms with Gasteiger partial charge in [0, 0.05) is 11.4 Å². The third-order valence-electron chi connectivity index (χ3n) is 5.83. The normalized spacial score (nSPS) is 10.8. The minimum Gasteiger partial charge on any atom is -0.457 e. The number of carbonyl (C=O) groups excluding carboxylic acids is 1. The first kappa shape index (κ1) is 25.5. The lowest BCUT2D eigenvalue weighted by Crippen LogP contribution is -2.28. The van der Waals surface area contributed by atoms with Crippen LogP contribution >= 0.6 is 24.0 Å². The number of thioether (sulfide) groups is 1. The number of fused-ring (bicyclic) bond motifs is 2. The summed E-state index contributed by atoms with van der Waals surface area (Å²) in [5, 5.41) is 10.6. The van der Waals surface area contributed by atoms with E-state index in [1.54, 1.807) is 36.0 Å². The fourth-order valence-corrected chi connectivity index (χ4v) is 4.64. The Hall–Kier alpha value is -4.14. The van der Waals surface area contributed by atoms with Gasteiger partial charge in [0.15, 0.2) is 5.11 Å². The minimum absolute atomic E-state index is 0.346. The molecule has 0 amide bonds. The molecule has 0 aliphatic rings. The van der Waals surface area contributed by atoms with Crippen LogP contribution in [0.3, 0.4) is 0 Å². The smallest absolute Gasteiger partial charge is 0.343 e. The molecule has 0 atom stereocenters. The molecule has 0 bridgehead atoms. The largest absolute Gasteiger partial charge is 0.457 e. The van der Waals surface area contributed by atoms with Gasteiger partial charge in [0.25, 0.3) is 0 Å². The highest BCUT2D eigenvalue weighted by Gasteiger charge is 2.11. The van der Waals surface area contributed by atoms with Crippen LogP contribution in [0.5, 0.6) is 17.2 Å². The quantitative estimate of drug-likeness (QED) is 0.126. The van der Waals surface area contributed by atoms with Crippen molar-refractivity contribution in [2.45, 2.75) is 11.8 Å². The Labute approximate surface area is 230 Å². The van der Waals surface area contributed by atoms with Crippen molar-refractivity contribution >= 4 is 62.4 Å². The number of anilines is 1. The van der Waals surface area contributed by atoms with Crippen molar-refractivity contribution in [1.29, 1.82) is 0 Å². The van der Waals surface area contributed by atoms with E-state index >= 15 is 0 Å². The second kappa shape index (κ2) is 11.5. The third kappa shape index (κ3) is 6.04. The van der Waals surface area contributed by atoms with E-state index in [1.165, 1.54) is 16.5 Å². The lowest BCUT2D eigenvalue weighted by Gasteiger charge is -2.10. The Balaban J connectivity index is 1.26. The molecule has 0 saturated carbocycles. The Morgan fingerprint density at radius 1 is 0.842 bits per heavy atom. The number of aromatic nitrogens is 1. The molecule has 2 N–H and O–H groups in total. The number of thiocarbonyl (C=S) groups is 1. The molecule has 8 heteroatoms. The van der Waals surface area contributed by atoms with Crippen molar-refractivity contribution in [3.8, 4) is 17.2 Å². The number of benzene rings is 4. The highest BCUT2D eigenvalue weighted by Crippen LogP contribution is 2.30. The van der Waals surface area contributed by atoms with Gasteiger partial charge in [-0.1, -0.05) is 24.3 Å². The van der Waals surface area contributed by atoms with Crippen molar-refractivity contribution in [2.24, 2.45) is 0 Å². The number of hydrogen-bond donors (Lipinski definition) is 2. The molecular weight excluding hydrogens is 514 g/mol. The van der Waals surface area contributed by atoms with Gasteiger partial charge in [0.05, 0.1) is 11.8 Å². The van der Waals surface area contributed by atoms with Gasteiger partial charge in [-0.05, 0) is 108 Å². The molecule has 0 spiro atoms. The Kier molecular flexibility index (Phi) is 7.72. The summed E-state index contributed by atoms with van der Waals surface area (Å²) in [6.45, 7) is 2.67. The maximum atomic E-state index is 12.7. The molecular formula is C30H25N3O3S2. The van der Waals surface area contributed by atoms with Crippen LogP contribution in [0.15, 0.2) is 96.0 Å². The second-order valence-corrected chi connectivity index (χ2v) is 9.74. The van der Waals surface area contributed by atoms with E-state index in [0.29, 0.717) is 28.8 Å². The van der Waals surface area contributed by atoms with Crippen LogP contribution in [0, 0.1) is 0 Å². The number of rotatable bonds is 7. The maximum absolute atomic E-state index is 12.7. The van der Waals surface area contributed by atoms with Crippen LogP contribution < -0.4 is 20.1 Å². The van der Waals surface area contributed by atoms with Crippen molar-refractivity contribution in [3.05, 3.63) is 96.7 Å². The second-order valence-electron chi connectivity index (χ2n) is 8.45. The van der Waals surface area contributed by atoms with Gasteiger partial charge in [-0.25, -0.2) is 9.78 Å². The van der Waals surface area contributed by atoms with Crippen LogP contribution in [0.25, 0.3) is 21.5 Å². The summed E-state index contributed by atoms with van der Waals surface area (Å²) in [6, 6.07) is 27.1. The predicted octanol–water partition coefficient (Wildman–Crippen LogP) is 7.43. The van der Waals surface area contributed by atoms with Crippen molar-refractivity contribution < 1.29 is 14.3 Å². The number of esters is 1. The lowest BCUT2D eigenvalue weighted by molar-refractivity contribution is 0.0734. The first-order chi connectivity index (χ1) is 18.5. The van der Waals surface area contributed by atoms with E-state index in [0.717, 1.165) is 27.7 Å². The fourth-order valence-electron chi connectivity index (χ4n) is 3.94. The SMILES string of the molecule is CCNC(=S)Nc1ccc(OC(=O)c2ccc3cc(Oc4ccc5cc(SC)ccc5c4)ccc3c2)cn1. The highest BCUT2D eigenvalue weighted by atomic mass is 32.2. The van der Waals surface area contributed by atoms with E-state index in [9.17, 15) is 4.79 Å². The molecule has 5 rings (SSSR count). The van der Waals surface area contributed by atoms with E-state index in [4.69, 9.17) is 21.7 Å². The number of ether oxygens (including phenoxy) is 2. The summed E-state index contributed by atoms with van der Waals surface area (Å²) < 4.78 is 11.6. The van der Waals surface area contributed by atoms with Gasteiger partial charge in [0.2, 0.25) is 0 Å². The summed E-state index contributed by atoms with van der Waals surface area (Å²) in [7, 11) is 0. The maximum Gasteiger partial charge on any atom is 0.343 e. The number of nitrogens with one attached hydrogen (secondary N) is 2. The van der Waals surface area contributed by atoms with Gasteiger partial charge in [-0.15, -0.1) is 11.8 Å². The van der Waals surface area contributed by atoms with E-state index in [1.807, 2.05) is 43.3 Å². The number of carbonyl (C=O) groups is 1. The van der Waals surface area contributed by atoms with Crippen LogP contribution in [0.1, 0.15) is 17.3 Å². The van der Waals surface area contributed by atoms with Gasteiger partial charge in [-0.3, -0.25) is 0 Å². The van der Waals surface area contributed by atoms with Crippen LogP contribution in [0.2, 0.25) is 0 Å². The van der Waals surface area contributed by atoms with Crippen molar-refractivity contribution in [3.63, 3.8) is 0 Å². The van der Waals surface area contributed by atoms with Crippen LogP contribution in [0.4, 0.5) is 5.82 Å². The molecule has 0 radical (unpaired) electrons. The zero-order valence-corrected chi connectivity index (χ0v) is 22.5. The first-order valence-corrected chi connectivity index (χ1v) is 13.7. The first-order valence-electron chi connectivity index (χ1n) is 12.0. The zero-order valence-electron chi connectivity index (χ0n) is 20.9. The summed E-state index contributed by atoms with van der Waals surface area (Å²) in [5.41, 5.74) is 0.445. The topological polar surface area (TPSA) is 72.5 Å². The molecule has 0 fully saturated rings. The molecule has 38 heavy (non-hydrogen) atoms. The summed E-state index contributed by atoms with van der Waals surface area (Å²) in [4.78, 5) is 18.2. The molecule has 4 aromatic carbocycles. The monoisotopic (exact) mass is 539 g/mol. The van der Waals surface area contributed by atoms with E-state index in [-0.39, 0.29) is 0 Å². The molecule has 1 aromatic heterocycles. The highest BCUT2D eigenvalue weighted by molar-refractivity contribution is 7.98. The van der Waals surface area contributed by atoms with Gasteiger partial charge < -0.3 is 20.1 Å². The van der Waals surface area contributed by atoms with E-state index < -0.39 is 5.97 Å². The van der Waals surface area contributed by atoms with Crippen LogP contribution in [-0.2, 0) is 0 Å². The summed E-state index contributed by atoms with van der Waals surface area (Å²) in [5.74, 6) is 1.94. The van der Waals surface area contributed by atoms with Gasteiger partial charge >= 0.3 is 5.97 Å². The van der Waals surface area contributed by atoms with Gasteiger partial charge in [-0.2, -0.15) is 0 Å². The molecule has 6 nitrogen and oxygen atoms in total. The Morgan fingerprint density at radius 3 is 2.13 bits per heavy atom. The Morgan fingerprint density at radius 2 is 1.47 bits per heavy atom. The minimum atomic E-state index is -0.460. The number of pyridine rings is 1. The predicted molar refractivity (Wildman–Crippen MR) is 159 cm³/mol. The molecule has 0 aliphatic heterocycles. The fraction of sp³-hybridized carbons (Fsp3) is 0.100.